The maximum Gasteiger partial charge on any atom is 0.195 e. The van der Waals surface area contributed by atoms with Crippen LogP contribution in [0.4, 0.5) is 4.39 Å². The Morgan fingerprint density at radius 1 is 1.39 bits per heavy atom. The van der Waals surface area contributed by atoms with Gasteiger partial charge in [0.2, 0.25) is 0 Å². The third-order valence-electron chi connectivity index (χ3n) is 2.52. The number of H-pyrrole nitrogens is 1. The number of nitrogens with one attached hydrogen (secondary N) is 1. The molecule has 0 amide bonds. The highest BCUT2D eigenvalue weighted by molar-refractivity contribution is 7.71. The van der Waals surface area contributed by atoms with Crippen molar-refractivity contribution in [2.75, 3.05) is 0 Å². The summed E-state index contributed by atoms with van der Waals surface area (Å²) in [5, 5.41) is 7.16. The number of hydrogen-bond donors (Lipinski definition) is 1. The molecular formula is C12H13ClFN3S. The summed E-state index contributed by atoms with van der Waals surface area (Å²) in [6, 6.07) is 4.50. The van der Waals surface area contributed by atoms with Gasteiger partial charge in [-0.2, -0.15) is 5.10 Å². The molecule has 0 unspecified atom stereocenters. The van der Waals surface area contributed by atoms with Gasteiger partial charge < -0.3 is 0 Å². The van der Waals surface area contributed by atoms with E-state index < -0.39 is 5.82 Å². The molecule has 0 aliphatic carbocycles. The zero-order chi connectivity index (χ0) is 13.5. The van der Waals surface area contributed by atoms with Gasteiger partial charge in [0.15, 0.2) is 10.6 Å². The Kier molecular flexibility index (Phi) is 3.29. The fraction of sp³-hybridized carbons (Fsp3) is 0.333. The Balaban J connectivity index is 2.69. The molecule has 0 spiro atoms. The van der Waals surface area contributed by atoms with E-state index in [2.05, 4.69) is 10.2 Å². The van der Waals surface area contributed by atoms with Gasteiger partial charge in [0, 0.05) is 10.6 Å². The molecule has 1 aromatic heterocycles. The zero-order valence-electron chi connectivity index (χ0n) is 10.3. The van der Waals surface area contributed by atoms with Crippen LogP contribution < -0.4 is 0 Å². The number of hydrogen-bond acceptors (Lipinski definition) is 2. The summed E-state index contributed by atoms with van der Waals surface area (Å²) in [5.41, 5.74) is 0.0903. The van der Waals surface area contributed by atoms with Crippen molar-refractivity contribution >= 4 is 23.8 Å². The topological polar surface area (TPSA) is 33.6 Å². The highest BCUT2D eigenvalue weighted by atomic mass is 35.5. The second kappa shape index (κ2) is 4.48. The van der Waals surface area contributed by atoms with Crippen LogP contribution in [0.3, 0.4) is 0 Å². The van der Waals surface area contributed by atoms with E-state index in [1.165, 1.54) is 6.07 Å². The highest BCUT2D eigenvalue weighted by Gasteiger charge is 2.22. The molecule has 18 heavy (non-hydrogen) atoms. The molecule has 6 heteroatoms. The predicted octanol–water partition coefficient (Wildman–Crippen LogP) is 4.16. The Labute approximate surface area is 115 Å². The minimum absolute atomic E-state index is 0.286. The summed E-state index contributed by atoms with van der Waals surface area (Å²) in [6.45, 7) is 5.95. The van der Waals surface area contributed by atoms with E-state index in [1.54, 1.807) is 16.7 Å². The van der Waals surface area contributed by atoms with Gasteiger partial charge in [-0.25, -0.2) is 4.39 Å². The Morgan fingerprint density at radius 2 is 2.06 bits per heavy atom. The molecule has 2 aromatic rings. The van der Waals surface area contributed by atoms with Crippen LogP contribution in [-0.4, -0.2) is 14.8 Å². The van der Waals surface area contributed by atoms with Crippen LogP contribution in [0.15, 0.2) is 18.2 Å². The summed E-state index contributed by atoms with van der Waals surface area (Å²) in [6.07, 6.45) is 0. The normalized spacial score (nSPS) is 11.8. The van der Waals surface area contributed by atoms with Crippen molar-refractivity contribution in [2.45, 2.75) is 26.3 Å². The highest BCUT2D eigenvalue weighted by Crippen LogP contribution is 2.28. The van der Waals surface area contributed by atoms with Gasteiger partial charge in [0.05, 0.1) is 5.56 Å². The average molecular weight is 286 g/mol. The van der Waals surface area contributed by atoms with Gasteiger partial charge in [0.1, 0.15) is 5.82 Å². The molecule has 0 aliphatic rings. The monoisotopic (exact) mass is 285 g/mol. The number of aromatic amines is 1. The first-order valence-corrected chi connectivity index (χ1v) is 6.22. The first-order chi connectivity index (χ1) is 8.30. The summed E-state index contributed by atoms with van der Waals surface area (Å²) >= 11 is 10.9. The Morgan fingerprint density at radius 3 is 2.61 bits per heavy atom. The molecule has 0 saturated carbocycles. The van der Waals surface area contributed by atoms with Crippen molar-refractivity contribution in [2.24, 2.45) is 0 Å². The number of benzene rings is 1. The Bertz CT molecular complexity index is 640. The molecule has 0 radical (unpaired) electrons. The van der Waals surface area contributed by atoms with E-state index in [0.29, 0.717) is 21.2 Å². The standard InChI is InChI=1S/C12H13ClFN3S/c1-12(2,3)17-10(15-16-11(17)18)8-5-4-7(13)6-9(8)14/h4-6H,1-3H3,(H,16,18). The van der Waals surface area contributed by atoms with E-state index >= 15 is 0 Å². The number of halogens is 2. The third-order valence-corrected chi connectivity index (χ3v) is 3.02. The lowest BCUT2D eigenvalue weighted by molar-refractivity contribution is 0.395. The van der Waals surface area contributed by atoms with Crippen molar-refractivity contribution in [3.8, 4) is 11.4 Å². The van der Waals surface area contributed by atoms with Gasteiger partial charge in [-0.15, -0.1) is 0 Å². The largest absolute Gasteiger partial charge is 0.295 e. The van der Waals surface area contributed by atoms with Crippen LogP contribution in [0.25, 0.3) is 11.4 Å². The summed E-state index contributed by atoms with van der Waals surface area (Å²) in [7, 11) is 0. The van der Waals surface area contributed by atoms with Gasteiger partial charge >= 0.3 is 0 Å². The predicted molar refractivity (Wildman–Crippen MR) is 72.8 cm³/mol. The van der Waals surface area contributed by atoms with Crippen LogP contribution >= 0.6 is 23.8 Å². The van der Waals surface area contributed by atoms with Crippen LogP contribution in [0, 0.1) is 10.6 Å². The molecule has 3 nitrogen and oxygen atoms in total. The van der Waals surface area contributed by atoms with Gasteiger partial charge in [0.25, 0.3) is 0 Å². The lowest BCUT2D eigenvalue weighted by atomic mass is 10.1. The maximum absolute atomic E-state index is 13.9. The third kappa shape index (κ3) is 2.33. The second-order valence-electron chi connectivity index (χ2n) is 4.98. The van der Waals surface area contributed by atoms with E-state index in [-0.39, 0.29) is 5.54 Å². The van der Waals surface area contributed by atoms with Crippen molar-refractivity contribution in [1.82, 2.24) is 14.8 Å². The van der Waals surface area contributed by atoms with Crippen LogP contribution in [0.2, 0.25) is 5.02 Å². The molecule has 1 N–H and O–H groups in total. The van der Waals surface area contributed by atoms with E-state index in [0.717, 1.165) is 0 Å². The summed E-state index contributed by atoms with van der Waals surface area (Å²) in [4.78, 5) is 0. The minimum atomic E-state index is -0.415. The number of rotatable bonds is 1. The van der Waals surface area contributed by atoms with Crippen molar-refractivity contribution in [3.05, 3.63) is 33.8 Å². The molecule has 2 rings (SSSR count). The fourth-order valence-corrected chi connectivity index (χ4v) is 2.34. The first-order valence-electron chi connectivity index (χ1n) is 5.44. The summed E-state index contributed by atoms with van der Waals surface area (Å²) < 4.78 is 16.2. The molecule has 1 aromatic carbocycles. The number of aromatic nitrogens is 3. The van der Waals surface area contributed by atoms with Crippen LogP contribution in [0.1, 0.15) is 20.8 Å². The van der Waals surface area contributed by atoms with Crippen LogP contribution in [0.5, 0.6) is 0 Å². The smallest absolute Gasteiger partial charge is 0.195 e. The van der Waals surface area contributed by atoms with E-state index in [4.69, 9.17) is 23.8 Å². The molecule has 0 fully saturated rings. The molecule has 0 atom stereocenters. The molecule has 96 valence electrons. The first kappa shape index (κ1) is 13.2. The average Bonchev–Trinajstić information content (AvgIpc) is 2.59. The van der Waals surface area contributed by atoms with Crippen molar-refractivity contribution < 1.29 is 4.39 Å². The molecule has 0 bridgehead atoms. The van der Waals surface area contributed by atoms with Crippen LogP contribution in [-0.2, 0) is 5.54 Å². The van der Waals surface area contributed by atoms with Gasteiger partial charge in [-0.3, -0.25) is 9.67 Å². The van der Waals surface area contributed by atoms with Gasteiger partial charge in [-0.05, 0) is 51.2 Å². The lowest BCUT2D eigenvalue weighted by Gasteiger charge is -2.22. The second-order valence-corrected chi connectivity index (χ2v) is 5.81. The van der Waals surface area contributed by atoms with E-state index in [1.807, 2.05) is 20.8 Å². The quantitative estimate of drug-likeness (QED) is 0.799. The van der Waals surface area contributed by atoms with Crippen molar-refractivity contribution in [3.63, 3.8) is 0 Å². The Hall–Kier alpha value is -1.20. The molecule has 1 heterocycles. The zero-order valence-corrected chi connectivity index (χ0v) is 11.9. The maximum atomic E-state index is 13.9. The fourth-order valence-electron chi connectivity index (χ4n) is 1.77. The molecule has 0 aliphatic heterocycles. The summed E-state index contributed by atoms with van der Waals surface area (Å²) in [5.74, 6) is 0.0590. The lowest BCUT2D eigenvalue weighted by Crippen LogP contribution is -2.23. The molecular weight excluding hydrogens is 273 g/mol. The molecule has 0 saturated heterocycles. The minimum Gasteiger partial charge on any atom is -0.295 e. The van der Waals surface area contributed by atoms with Crippen molar-refractivity contribution in [1.29, 1.82) is 0 Å². The van der Waals surface area contributed by atoms with E-state index in [9.17, 15) is 4.39 Å². The van der Waals surface area contributed by atoms with Gasteiger partial charge in [-0.1, -0.05) is 11.6 Å². The number of nitrogens with zero attached hydrogens (tertiary/aromatic N) is 2. The SMILES string of the molecule is CC(C)(C)n1c(-c2ccc(Cl)cc2F)n[nH]c1=S.